The largest absolute Gasteiger partial charge is 0.331 e. The van der Waals surface area contributed by atoms with Gasteiger partial charge in [0.05, 0.1) is 18.2 Å². The summed E-state index contributed by atoms with van der Waals surface area (Å²) in [5.41, 5.74) is 1.18. The maximum absolute atomic E-state index is 14.0. The second-order valence-electron chi connectivity index (χ2n) is 5.56. The number of carbonyl (C=O) groups excluding carboxylic acids is 1. The van der Waals surface area contributed by atoms with Gasteiger partial charge < -0.3 is 4.90 Å². The van der Waals surface area contributed by atoms with Crippen LogP contribution >= 0.6 is 11.6 Å². The molecule has 1 amide bonds. The number of nitriles is 1. The summed E-state index contributed by atoms with van der Waals surface area (Å²) in [4.78, 5) is 14.4. The van der Waals surface area contributed by atoms with Crippen LogP contribution in [0.2, 0.25) is 5.02 Å². The normalized spacial score (nSPS) is 13.4. The van der Waals surface area contributed by atoms with Crippen molar-refractivity contribution >= 4 is 17.5 Å². The van der Waals surface area contributed by atoms with Crippen molar-refractivity contribution in [2.24, 2.45) is 0 Å². The molecular weight excluding hydrogens is 315 g/mol. The van der Waals surface area contributed by atoms with E-state index in [1.54, 1.807) is 41.3 Å². The molecule has 0 aromatic heterocycles. The van der Waals surface area contributed by atoms with Crippen LogP contribution in [0.25, 0.3) is 0 Å². The van der Waals surface area contributed by atoms with E-state index in [-0.39, 0.29) is 18.5 Å². The van der Waals surface area contributed by atoms with E-state index in [1.165, 1.54) is 6.07 Å². The predicted molar refractivity (Wildman–Crippen MR) is 85.5 cm³/mol. The third kappa shape index (κ3) is 3.35. The van der Waals surface area contributed by atoms with E-state index in [1.807, 2.05) is 6.07 Å². The van der Waals surface area contributed by atoms with Gasteiger partial charge in [0.25, 0.3) is 5.91 Å². The molecule has 2 aromatic rings. The minimum absolute atomic E-state index is 0.101. The molecule has 23 heavy (non-hydrogen) atoms. The summed E-state index contributed by atoms with van der Waals surface area (Å²) in [6.45, 7) is 0.131. The smallest absolute Gasteiger partial charge is 0.254 e. The lowest BCUT2D eigenvalue weighted by Gasteiger charge is -2.23. The van der Waals surface area contributed by atoms with Gasteiger partial charge in [0.1, 0.15) is 5.82 Å². The SMILES string of the molecule is N#Cc1cccc(C(=O)N(Cc2c(F)cccc2Cl)C2CC2)c1. The molecule has 2 aromatic carbocycles. The molecule has 0 atom stereocenters. The van der Waals surface area contributed by atoms with Crippen LogP contribution in [0.5, 0.6) is 0 Å². The molecule has 1 saturated carbocycles. The van der Waals surface area contributed by atoms with Crippen molar-refractivity contribution in [2.75, 3.05) is 0 Å². The van der Waals surface area contributed by atoms with Crippen LogP contribution in [-0.2, 0) is 6.54 Å². The zero-order valence-corrected chi connectivity index (χ0v) is 13.1. The Hall–Kier alpha value is -2.38. The molecule has 3 rings (SSSR count). The Morgan fingerprint density at radius 1 is 1.30 bits per heavy atom. The van der Waals surface area contributed by atoms with E-state index >= 15 is 0 Å². The van der Waals surface area contributed by atoms with Crippen LogP contribution in [0, 0.1) is 17.1 Å². The van der Waals surface area contributed by atoms with Crippen LogP contribution in [0.15, 0.2) is 42.5 Å². The monoisotopic (exact) mass is 328 g/mol. The van der Waals surface area contributed by atoms with Gasteiger partial charge in [-0.05, 0) is 43.2 Å². The van der Waals surface area contributed by atoms with E-state index < -0.39 is 5.82 Å². The Morgan fingerprint density at radius 3 is 2.70 bits per heavy atom. The Balaban J connectivity index is 1.90. The van der Waals surface area contributed by atoms with E-state index in [0.29, 0.717) is 21.7 Å². The molecule has 5 heteroatoms. The topological polar surface area (TPSA) is 44.1 Å². The van der Waals surface area contributed by atoms with Gasteiger partial charge in [0.2, 0.25) is 0 Å². The van der Waals surface area contributed by atoms with Crippen molar-refractivity contribution < 1.29 is 9.18 Å². The Kier molecular flexibility index (Phi) is 4.31. The summed E-state index contributed by atoms with van der Waals surface area (Å²) < 4.78 is 14.0. The standard InChI is InChI=1S/C18H14ClFN2O/c19-16-5-2-6-17(20)15(16)11-22(14-7-8-14)18(23)13-4-1-3-12(9-13)10-21/h1-6,9,14H,7-8,11H2. The van der Waals surface area contributed by atoms with Crippen LogP contribution < -0.4 is 0 Å². The highest BCUT2D eigenvalue weighted by Gasteiger charge is 2.34. The van der Waals surface area contributed by atoms with Crippen molar-refractivity contribution in [2.45, 2.75) is 25.4 Å². The third-order valence-electron chi connectivity index (χ3n) is 3.88. The summed E-state index contributed by atoms with van der Waals surface area (Å²) in [5.74, 6) is -0.620. The van der Waals surface area contributed by atoms with Crippen LogP contribution in [0.3, 0.4) is 0 Å². The number of carbonyl (C=O) groups is 1. The number of nitrogens with zero attached hydrogens (tertiary/aromatic N) is 2. The quantitative estimate of drug-likeness (QED) is 0.846. The molecule has 1 fully saturated rings. The van der Waals surface area contributed by atoms with E-state index in [4.69, 9.17) is 16.9 Å². The molecule has 3 nitrogen and oxygen atoms in total. The lowest BCUT2D eigenvalue weighted by atomic mass is 10.1. The fourth-order valence-electron chi connectivity index (χ4n) is 2.49. The second kappa shape index (κ2) is 6.39. The van der Waals surface area contributed by atoms with Crippen molar-refractivity contribution in [3.05, 3.63) is 70.0 Å². The first-order valence-electron chi connectivity index (χ1n) is 7.34. The van der Waals surface area contributed by atoms with Crippen LogP contribution in [0.4, 0.5) is 4.39 Å². The molecule has 0 aliphatic heterocycles. The number of halogens is 2. The summed E-state index contributed by atoms with van der Waals surface area (Å²) in [5, 5.41) is 9.28. The summed E-state index contributed by atoms with van der Waals surface area (Å²) in [6.07, 6.45) is 1.80. The molecular formula is C18H14ClFN2O. The van der Waals surface area contributed by atoms with Gasteiger partial charge in [0.15, 0.2) is 0 Å². The summed E-state index contributed by atoms with van der Waals surface area (Å²) in [7, 11) is 0. The van der Waals surface area contributed by atoms with Gasteiger partial charge >= 0.3 is 0 Å². The van der Waals surface area contributed by atoms with Gasteiger partial charge in [0, 0.05) is 22.2 Å². The average molecular weight is 329 g/mol. The van der Waals surface area contributed by atoms with E-state index in [0.717, 1.165) is 12.8 Å². The highest BCUT2D eigenvalue weighted by molar-refractivity contribution is 6.31. The van der Waals surface area contributed by atoms with E-state index in [2.05, 4.69) is 0 Å². The molecule has 0 N–H and O–H groups in total. The lowest BCUT2D eigenvalue weighted by molar-refractivity contribution is 0.0728. The highest BCUT2D eigenvalue weighted by atomic mass is 35.5. The molecule has 0 unspecified atom stereocenters. The van der Waals surface area contributed by atoms with Crippen molar-refractivity contribution in [3.8, 4) is 6.07 Å². The number of hydrogen-bond acceptors (Lipinski definition) is 2. The first-order chi connectivity index (χ1) is 11.1. The summed E-state index contributed by atoms with van der Waals surface area (Å²) in [6, 6.07) is 13.2. The minimum Gasteiger partial charge on any atom is -0.331 e. The molecule has 0 saturated heterocycles. The fraction of sp³-hybridized carbons (Fsp3) is 0.222. The lowest BCUT2D eigenvalue weighted by Crippen LogP contribution is -2.33. The number of hydrogen-bond donors (Lipinski definition) is 0. The van der Waals surface area contributed by atoms with Gasteiger partial charge in [-0.1, -0.05) is 23.7 Å². The van der Waals surface area contributed by atoms with Gasteiger partial charge in [-0.2, -0.15) is 5.26 Å². The van der Waals surface area contributed by atoms with Crippen molar-refractivity contribution in [3.63, 3.8) is 0 Å². The van der Waals surface area contributed by atoms with Gasteiger partial charge in [-0.25, -0.2) is 4.39 Å². The zero-order chi connectivity index (χ0) is 16.4. The van der Waals surface area contributed by atoms with Gasteiger partial charge in [-0.15, -0.1) is 0 Å². The number of benzene rings is 2. The molecule has 1 aliphatic rings. The average Bonchev–Trinajstić information content (AvgIpc) is 3.39. The Bertz CT molecular complexity index is 776. The van der Waals surface area contributed by atoms with Crippen LogP contribution in [0.1, 0.15) is 34.3 Å². The van der Waals surface area contributed by atoms with Gasteiger partial charge in [-0.3, -0.25) is 4.79 Å². The van der Waals surface area contributed by atoms with Crippen molar-refractivity contribution in [1.82, 2.24) is 4.90 Å². The molecule has 1 aliphatic carbocycles. The van der Waals surface area contributed by atoms with Crippen molar-refractivity contribution in [1.29, 1.82) is 5.26 Å². The Morgan fingerprint density at radius 2 is 2.04 bits per heavy atom. The first-order valence-corrected chi connectivity index (χ1v) is 7.72. The minimum atomic E-state index is -0.415. The third-order valence-corrected chi connectivity index (χ3v) is 4.23. The highest BCUT2D eigenvalue weighted by Crippen LogP contribution is 2.32. The Labute approximate surface area is 138 Å². The fourth-order valence-corrected chi connectivity index (χ4v) is 2.72. The molecule has 0 radical (unpaired) electrons. The zero-order valence-electron chi connectivity index (χ0n) is 12.3. The predicted octanol–water partition coefficient (Wildman–Crippen LogP) is 4.16. The van der Waals surface area contributed by atoms with Crippen LogP contribution in [-0.4, -0.2) is 16.8 Å². The molecule has 0 heterocycles. The summed E-state index contributed by atoms with van der Waals surface area (Å²) >= 11 is 6.08. The van der Waals surface area contributed by atoms with E-state index in [9.17, 15) is 9.18 Å². The number of amides is 1. The molecule has 116 valence electrons. The molecule has 0 spiro atoms. The maximum Gasteiger partial charge on any atom is 0.254 e. The maximum atomic E-state index is 14.0. The molecule has 0 bridgehead atoms. The number of rotatable bonds is 4. The second-order valence-corrected chi connectivity index (χ2v) is 5.96. The first kappa shape index (κ1) is 15.5.